The number of methoxy groups -OCH3 is 1. The summed E-state index contributed by atoms with van der Waals surface area (Å²) in [5, 5.41) is 0. The largest absolute Gasteiger partial charge is 0.465 e. The van der Waals surface area contributed by atoms with Gasteiger partial charge < -0.3 is 10.5 Å². The molecular formula is C14H11F3N2O2. The molecule has 1 aromatic carbocycles. The van der Waals surface area contributed by atoms with Crippen molar-refractivity contribution < 1.29 is 22.7 Å². The Kier molecular flexibility index (Phi) is 3.84. The quantitative estimate of drug-likeness (QED) is 0.865. The van der Waals surface area contributed by atoms with Gasteiger partial charge in [0.2, 0.25) is 0 Å². The number of halogens is 3. The minimum atomic E-state index is -4.45. The van der Waals surface area contributed by atoms with E-state index in [0.717, 1.165) is 12.1 Å². The fourth-order valence-corrected chi connectivity index (χ4v) is 1.80. The topological polar surface area (TPSA) is 65.2 Å². The maximum atomic E-state index is 12.7. The summed E-state index contributed by atoms with van der Waals surface area (Å²) in [6.45, 7) is 0. The lowest BCUT2D eigenvalue weighted by Gasteiger charge is -2.10. The van der Waals surface area contributed by atoms with E-state index in [9.17, 15) is 18.0 Å². The van der Waals surface area contributed by atoms with Gasteiger partial charge in [-0.3, -0.25) is 4.98 Å². The van der Waals surface area contributed by atoms with E-state index in [4.69, 9.17) is 5.73 Å². The van der Waals surface area contributed by atoms with E-state index in [2.05, 4.69) is 9.72 Å². The van der Waals surface area contributed by atoms with Gasteiger partial charge in [0, 0.05) is 11.8 Å². The van der Waals surface area contributed by atoms with E-state index >= 15 is 0 Å². The van der Waals surface area contributed by atoms with Crippen LogP contribution in [0.15, 0.2) is 36.5 Å². The molecule has 0 radical (unpaired) electrons. The predicted octanol–water partition coefficient (Wildman–Crippen LogP) is 3.14. The van der Waals surface area contributed by atoms with E-state index < -0.39 is 17.7 Å². The molecule has 1 aromatic heterocycles. The summed E-state index contributed by atoms with van der Waals surface area (Å²) in [4.78, 5) is 15.3. The van der Waals surface area contributed by atoms with Gasteiger partial charge in [-0.2, -0.15) is 13.2 Å². The number of anilines is 1. The lowest BCUT2D eigenvalue weighted by atomic mass is 10.1. The molecule has 21 heavy (non-hydrogen) atoms. The molecule has 0 fully saturated rings. The third-order valence-electron chi connectivity index (χ3n) is 2.80. The SMILES string of the molecule is COC(=O)c1cnc(-c2cccc(C(F)(F)F)c2)c(N)c1. The number of benzene rings is 1. The molecule has 1 heterocycles. The number of ether oxygens (including phenoxy) is 1. The molecule has 4 nitrogen and oxygen atoms in total. The maximum Gasteiger partial charge on any atom is 0.416 e. The van der Waals surface area contributed by atoms with Crippen molar-refractivity contribution in [1.29, 1.82) is 0 Å². The summed E-state index contributed by atoms with van der Waals surface area (Å²) in [6.07, 6.45) is -3.24. The number of hydrogen-bond acceptors (Lipinski definition) is 4. The highest BCUT2D eigenvalue weighted by atomic mass is 19.4. The number of carbonyl (C=O) groups is 1. The zero-order valence-corrected chi connectivity index (χ0v) is 10.9. The zero-order valence-electron chi connectivity index (χ0n) is 10.9. The Labute approximate surface area is 118 Å². The average molecular weight is 296 g/mol. The molecule has 0 saturated heterocycles. The van der Waals surface area contributed by atoms with Gasteiger partial charge in [0.15, 0.2) is 0 Å². The molecule has 0 amide bonds. The van der Waals surface area contributed by atoms with Gasteiger partial charge in [0.05, 0.1) is 29.6 Å². The second-order valence-corrected chi connectivity index (χ2v) is 4.23. The van der Waals surface area contributed by atoms with Crippen LogP contribution in [-0.2, 0) is 10.9 Å². The summed E-state index contributed by atoms with van der Waals surface area (Å²) in [6, 6.07) is 5.96. The van der Waals surface area contributed by atoms with E-state index in [-0.39, 0.29) is 22.5 Å². The van der Waals surface area contributed by atoms with Crippen molar-refractivity contribution in [2.45, 2.75) is 6.18 Å². The molecule has 0 unspecified atom stereocenters. The van der Waals surface area contributed by atoms with Crippen LogP contribution in [0.2, 0.25) is 0 Å². The van der Waals surface area contributed by atoms with Crippen molar-refractivity contribution in [3.8, 4) is 11.3 Å². The summed E-state index contributed by atoms with van der Waals surface area (Å²) in [5.41, 5.74) is 5.58. The minimum Gasteiger partial charge on any atom is -0.465 e. The normalized spacial score (nSPS) is 11.2. The molecule has 110 valence electrons. The van der Waals surface area contributed by atoms with Crippen molar-refractivity contribution in [3.63, 3.8) is 0 Å². The van der Waals surface area contributed by atoms with Crippen LogP contribution in [0.4, 0.5) is 18.9 Å². The number of nitrogen functional groups attached to an aromatic ring is 1. The highest BCUT2D eigenvalue weighted by Gasteiger charge is 2.30. The Hall–Kier alpha value is -2.57. The van der Waals surface area contributed by atoms with Gasteiger partial charge in [0.1, 0.15) is 0 Å². The molecule has 0 aliphatic heterocycles. The van der Waals surface area contributed by atoms with Crippen LogP contribution in [0.3, 0.4) is 0 Å². The Bertz CT molecular complexity index is 684. The van der Waals surface area contributed by atoms with E-state index in [0.29, 0.717) is 0 Å². The van der Waals surface area contributed by atoms with Crippen molar-refractivity contribution in [3.05, 3.63) is 47.7 Å². The number of nitrogens with zero attached hydrogens (tertiary/aromatic N) is 1. The maximum absolute atomic E-state index is 12.7. The van der Waals surface area contributed by atoms with Gasteiger partial charge in [0.25, 0.3) is 0 Å². The van der Waals surface area contributed by atoms with E-state index in [1.165, 1.54) is 31.5 Å². The Morgan fingerprint density at radius 3 is 2.57 bits per heavy atom. The van der Waals surface area contributed by atoms with Gasteiger partial charge in [-0.15, -0.1) is 0 Å². The van der Waals surface area contributed by atoms with Crippen LogP contribution < -0.4 is 5.73 Å². The van der Waals surface area contributed by atoms with Crippen molar-refractivity contribution in [1.82, 2.24) is 4.98 Å². The summed E-state index contributed by atoms with van der Waals surface area (Å²) >= 11 is 0. The Morgan fingerprint density at radius 1 is 1.29 bits per heavy atom. The third-order valence-corrected chi connectivity index (χ3v) is 2.80. The average Bonchev–Trinajstić information content (AvgIpc) is 2.45. The van der Waals surface area contributed by atoms with Crippen LogP contribution in [0.25, 0.3) is 11.3 Å². The molecule has 0 bridgehead atoms. The second kappa shape index (κ2) is 5.43. The zero-order chi connectivity index (χ0) is 15.6. The van der Waals surface area contributed by atoms with Crippen LogP contribution in [0.1, 0.15) is 15.9 Å². The highest BCUT2D eigenvalue weighted by Crippen LogP contribution is 2.33. The smallest absolute Gasteiger partial charge is 0.416 e. The summed E-state index contributed by atoms with van der Waals surface area (Å²) < 4.78 is 42.6. The standard InChI is InChI=1S/C14H11F3N2O2/c1-21-13(20)9-6-11(18)12(19-7-9)8-3-2-4-10(5-8)14(15,16)17/h2-7H,18H2,1H3. The molecule has 2 aromatic rings. The highest BCUT2D eigenvalue weighted by molar-refractivity contribution is 5.91. The lowest BCUT2D eigenvalue weighted by Crippen LogP contribution is -2.06. The number of carbonyl (C=O) groups excluding carboxylic acids is 1. The Morgan fingerprint density at radius 2 is 2.00 bits per heavy atom. The fourth-order valence-electron chi connectivity index (χ4n) is 1.80. The number of aromatic nitrogens is 1. The molecule has 2 rings (SSSR count). The first kappa shape index (κ1) is 14.8. The Balaban J connectivity index is 2.46. The summed E-state index contributed by atoms with van der Waals surface area (Å²) in [5.74, 6) is -0.621. The summed E-state index contributed by atoms with van der Waals surface area (Å²) in [7, 11) is 1.21. The fraction of sp³-hybridized carbons (Fsp3) is 0.143. The van der Waals surface area contributed by atoms with Crippen LogP contribution >= 0.6 is 0 Å². The molecule has 2 N–H and O–H groups in total. The van der Waals surface area contributed by atoms with E-state index in [1.807, 2.05) is 0 Å². The van der Waals surface area contributed by atoms with Crippen molar-refractivity contribution >= 4 is 11.7 Å². The first-order valence-electron chi connectivity index (χ1n) is 5.84. The first-order chi connectivity index (χ1) is 9.82. The molecule has 0 atom stereocenters. The number of alkyl halides is 3. The molecule has 0 saturated carbocycles. The molecule has 0 spiro atoms. The van der Waals surface area contributed by atoms with Gasteiger partial charge in [-0.25, -0.2) is 4.79 Å². The first-order valence-corrected chi connectivity index (χ1v) is 5.84. The van der Waals surface area contributed by atoms with Crippen LogP contribution in [0.5, 0.6) is 0 Å². The second-order valence-electron chi connectivity index (χ2n) is 4.23. The number of pyridine rings is 1. The monoisotopic (exact) mass is 296 g/mol. The van der Waals surface area contributed by atoms with Gasteiger partial charge in [-0.05, 0) is 18.2 Å². The van der Waals surface area contributed by atoms with E-state index in [1.54, 1.807) is 0 Å². The molecule has 0 aliphatic rings. The molecule has 0 aliphatic carbocycles. The number of rotatable bonds is 2. The number of esters is 1. The minimum absolute atomic E-state index is 0.0947. The number of hydrogen-bond donors (Lipinski definition) is 1. The van der Waals surface area contributed by atoms with Crippen molar-refractivity contribution in [2.75, 3.05) is 12.8 Å². The number of nitrogens with two attached hydrogens (primary N) is 1. The van der Waals surface area contributed by atoms with Crippen LogP contribution in [-0.4, -0.2) is 18.1 Å². The third kappa shape index (κ3) is 3.13. The lowest BCUT2D eigenvalue weighted by molar-refractivity contribution is -0.137. The van der Waals surface area contributed by atoms with Gasteiger partial charge >= 0.3 is 12.1 Å². The van der Waals surface area contributed by atoms with Crippen LogP contribution in [0, 0.1) is 0 Å². The van der Waals surface area contributed by atoms with Crippen molar-refractivity contribution in [2.24, 2.45) is 0 Å². The predicted molar refractivity (Wildman–Crippen MR) is 70.4 cm³/mol. The molecule has 7 heteroatoms. The molecular weight excluding hydrogens is 285 g/mol. The van der Waals surface area contributed by atoms with Gasteiger partial charge in [-0.1, -0.05) is 12.1 Å².